The molecule has 1 saturated carbocycles. The number of aryl methyl sites for hydroxylation is 5. The number of nitrogens with zero attached hydrogens (tertiary/aromatic N) is 4. The maximum atomic E-state index is 14.9. The molecule has 4 fully saturated rings. The Morgan fingerprint density at radius 3 is 1.28 bits per heavy atom. The Hall–Kier alpha value is -9.31. The zero-order valence-electron chi connectivity index (χ0n) is 81.0. The zero-order valence-corrected chi connectivity index (χ0v) is 90.1. The lowest BCUT2D eigenvalue weighted by Gasteiger charge is -2.41. The van der Waals surface area contributed by atoms with Gasteiger partial charge in [-0.25, -0.2) is 19.2 Å². The third kappa shape index (κ3) is 26.2. The Bertz CT molecular complexity index is 6520. The number of nitrogens with one attached hydrogen (secondary N) is 1. The second-order valence-electron chi connectivity index (χ2n) is 35.8. The van der Waals surface area contributed by atoms with Crippen LogP contribution in [0.15, 0.2) is 211 Å². The van der Waals surface area contributed by atoms with Crippen LogP contribution in [0.5, 0.6) is 0 Å². The van der Waals surface area contributed by atoms with E-state index in [2.05, 4.69) is 28.0 Å². The molecule has 1 aliphatic carbocycles. The summed E-state index contributed by atoms with van der Waals surface area (Å²) < 4.78 is 95.7. The Morgan fingerprint density at radius 2 is 0.852 bits per heavy atom. The van der Waals surface area contributed by atoms with Crippen molar-refractivity contribution < 1.29 is 90.0 Å². The van der Waals surface area contributed by atoms with Crippen LogP contribution in [0.2, 0.25) is 15.1 Å². The minimum atomic E-state index is -3.70. The summed E-state index contributed by atoms with van der Waals surface area (Å²) in [5.74, 6) is -2.04. The van der Waals surface area contributed by atoms with Crippen LogP contribution >= 0.6 is 110 Å². The van der Waals surface area contributed by atoms with Gasteiger partial charge in [-0.1, -0.05) is 179 Å². The van der Waals surface area contributed by atoms with Crippen molar-refractivity contribution in [1.29, 1.82) is 0 Å². The summed E-state index contributed by atoms with van der Waals surface area (Å²) >= 11 is 23.9. The average Bonchev–Trinajstić information content (AvgIpc) is 1.46. The molecule has 0 radical (unpaired) electrons. The summed E-state index contributed by atoms with van der Waals surface area (Å²) in [5, 5.41) is 46.6. The molecule has 6 aromatic heterocycles. The number of aromatic carboxylic acids is 4. The van der Waals surface area contributed by atoms with Gasteiger partial charge in [0.15, 0.2) is 5.58 Å². The number of pyridine rings is 1. The van der Waals surface area contributed by atoms with Crippen molar-refractivity contribution in [2.75, 3.05) is 105 Å². The summed E-state index contributed by atoms with van der Waals surface area (Å²) in [6.07, 6.45) is 15.2. The Morgan fingerprint density at radius 1 is 0.458 bits per heavy atom. The summed E-state index contributed by atoms with van der Waals surface area (Å²) in [6.45, 7) is 24.1. The molecule has 0 bridgehead atoms. The van der Waals surface area contributed by atoms with Crippen molar-refractivity contribution >= 4 is 190 Å². The quantitative estimate of drug-likeness (QED) is 0.0234. The number of fused-ring (bicyclic) bond motifs is 1. The Labute approximate surface area is 861 Å². The van der Waals surface area contributed by atoms with Crippen LogP contribution < -0.4 is 35.0 Å². The summed E-state index contributed by atoms with van der Waals surface area (Å²) in [6, 6.07) is 62.3. The van der Waals surface area contributed by atoms with E-state index >= 15 is 0 Å². The molecule has 5 N–H and O–H groups in total. The first-order valence-electron chi connectivity index (χ1n) is 47.5. The van der Waals surface area contributed by atoms with Crippen LogP contribution in [-0.4, -0.2) is 147 Å². The molecule has 752 valence electrons. The molecular weight excluding hydrogens is 2020 g/mol. The van der Waals surface area contributed by atoms with Crippen molar-refractivity contribution in [2.24, 2.45) is 23.7 Å². The van der Waals surface area contributed by atoms with Gasteiger partial charge in [0.1, 0.15) is 38.0 Å². The van der Waals surface area contributed by atoms with Gasteiger partial charge in [-0.3, -0.25) is 28.0 Å². The number of aromatic nitrogens is 1. The van der Waals surface area contributed by atoms with Crippen LogP contribution in [-0.2, 0) is 46.0 Å². The number of hydrogen-bond acceptors (Lipinski definition) is 21. The number of carbonyl (C=O) groups is 4. The molecule has 4 unspecified atom stereocenters. The number of carboxylic acid groups (broad SMARTS) is 4. The topological polar surface area (TPSA) is 313 Å². The van der Waals surface area contributed by atoms with Gasteiger partial charge in [0.25, 0.3) is 7.52 Å². The maximum absolute atomic E-state index is 14.9. The fourth-order valence-electron chi connectivity index (χ4n) is 17.8. The lowest BCUT2D eigenvalue weighted by atomic mass is 9.91. The zero-order chi connectivity index (χ0) is 101. The van der Waals surface area contributed by atoms with Crippen molar-refractivity contribution in [3.8, 4) is 53.1 Å². The fraction of sp³-hybridized carbons (Fsp3) is 0.346. The van der Waals surface area contributed by atoms with Crippen LogP contribution in [0.1, 0.15) is 158 Å². The lowest BCUT2D eigenvalue weighted by Crippen LogP contribution is -2.36. The molecule has 24 nitrogen and oxygen atoms in total. The third-order valence-electron chi connectivity index (χ3n) is 25.6. The number of thiophene rings is 4. The number of furan rings is 1. The highest BCUT2D eigenvalue weighted by atomic mass is 35.5. The summed E-state index contributed by atoms with van der Waals surface area (Å²) in [7, 11) is -12.1. The number of hydrogen-bond donors (Lipinski definition) is 5. The van der Waals surface area contributed by atoms with Gasteiger partial charge in [0.05, 0.1) is 63.9 Å². The first-order chi connectivity index (χ1) is 68.1. The van der Waals surface area contributed by atoms with E-state index in [9.17, 15) is 53.3 Å². The van der Waals surface area contributed by atoms with E-state index in [1.807, 2.05) is 205 Å². The van der Waals surface area contributed by atoms with Gasteiger partial charge in [-0.2, -0.15) is 0 Å². The van der Waals surface area contributed by atoms with E-state index in [0.717, 1.165) is 157 Å². The smallest absolute Gasteiger partial charge is 0.348 e. The predicted octanol–water partition coefficient (Wildman–Crippen LogP) is 29.0. The number of carboxylic acids is 4. The molecule has 7 aromatic carbocycles. The average molecular weight is 2140 g/mol. The van der Waals surface area contributed by atoms with E-state index in [-0.39, 0.29) is 49.3 Å². The number of ether oxygens (including phenoxy) is 3. The van der Waals surface area contributed by atoms with Crippen molar-refractivity contribution in [1.82, 2.24) is 4.98 Å². The molecule has 35 heteroatoms. The largest absolute Gasteiger partial charge is 0.477 e. The van der Waals surface area contributed by atoms with Crippen LogP contribution in [0.3, 0.4) is 0 Å². The molecule has 142 heavy (non-hydrogen) atoms. The lowest BCUT2D eigenvalue weighted by molar-refractivity contribution is 0.0682. The first-order valence-corrected chi connectivity index (χ1v) is 58.5. The third-order valence-corrected chi connectivity index (χ3v) is 42.1. The van der Waals surface area contributed by atoms with E-state index in [4.69, 9.17) is 71.5 Å². The summed E-state index contributed by atoms with van der Waals surface area (Å²) in [4.78, 5) is 57.7. The van der Waals surface area contributed by atoms with Gasteiger partial charge < -0.3 is 66.9 Å². The first kappa shape index (κ1) is 108. The molecular formula is C107H120Cl3N5O19P4S4. The molecule has 4 aliphatic rings. The van der Waals surface area contributed by atoms with Gasteiger partial charge in [0.2, 0.25) is 0 Å². The molecule has 3 aliphatic heterocycles. The molecule has 17 rings (SSSR count). The second kappa shape index (κ2) is 49.3. The van der Waals surface area contributed by atoms with Gasteiger partial charge >= 0.3 is 38.9 Å². The normalized spacial score (nSPS) is 17.0. The number of halogens is 3. The standard InChI is InChI=1S/C27H30Cl2NO4PS.C27H31ClNO5PS.C27H38NO5PS.C26H21N2O5PS/c1-4-34-35(3,24-10-9-21(28)15-22(24)29)30(17-19-11-13-33-14-12-19)23-16-25(36-26(23)27(31)32)20-7-5-18(2)6-8-20;1-4-34-35(32,24-10-9-22(28)15-19(24)3)29(17-20-11-13-33-14-12-20)23-16-25(36-26(23)27(30)31)21-7-5-18(2)6-8-21;1-4-33-34(31,23-11-7-20(3)8-12-23)28(18-21-13-15-32-16-14-21)24-17-25(35-26(24)27(29)30)22-9-5-19(2)6-10-22;1-16-5-11-19(12-6-16)34(31,32-2)28-21-15-24(35-25(21)26(29)30)18-9-7-17(8-10-18)23-14-20-22(33-23)4-3-13-27-20/h5-10,15-16,19H,3-4,11-14,17H2,1-2H3,(H,31,32);5-10,15-16,20H,4,11-14,17H2,1-3H3,(H,30,31);5-6,9-10,17,20-21,23H,4,7-8,11-16,18H2,1-3H3,(H,29,30);3-15H,1-2H3,(H,28,31)(H,29,30). The van der Waals surface area contributed by atoms with Gasteiger partial charge in [0, 0.05) is 119 Å². The van der Waals surface area contributed by atoms with Crippen LogP contribution in [0.25, 0.3) is 64.2 Å². The SMILES string of the molecule is C=P(OCC)(c1ccc(Cl)cc1Cl)N(CC1CCOCC1)c1cc(-c2ccc(C)cc2)sc1C(=O)O.CCOP(=O)(C1CCC(C)CC1)N(CC1CCOCC1)c1cc(-c2ccc(C)cc2)sc1C(=O)O.CCOP(=O)(c1ccc(Cl)cc1C)N(CC1CCOCC1)c1cc(-c2ccc(C)cc2)sc1C(=O)O.COP(=O)(Nc1cc(-c2ccc(-c3cc4ncccc4o3)cc2)sc1C(=O)O)c1ccc(C)cc1. The molecule has 4 atom stereocenters. The van der Waals surface area contributed by atoms with Crippen LogP contribution in [0.4, 0.5) is 22.7 Å². The molecule has 0 spiro atoms. The fourth-order valence-corrected chi connectivity index (χ4v) is 32.8. The number of rotatable bonds is 34. The van der Waals surface area contributed by atoms with E-state index < -0.39 is 53.7 Å². The van der Waals surface area contributed by atoms with E-state index in [1.165, 1.54) is 41.1 Å². The number of benzene rings is 7. The summed E-state index contributed by atoms with van der Waals surface area (Å²) in [5.41, 5.74) is 13.0. The van der Waals surface area contributed by atoms with Crippen molar-refractivity contribution in [2.45, 2.75) is 132 Å². The molecule has 0 amide bonds. The van der Waals surface area contributed by atoms with E-state index in [1.54, 1.807) is 66.3 Å². The molecule has 13 aromatic rings. The van der Waals surface area contributed by atoms with Gasteiger partial charge in [-0.15, -0.1) is 45.3 Å². The second-order valence-corrected chi connectivity index (χ2v) is 51.0. The van der Waals surface area contributed by atoms with Crippen LogP contribution in [0, 0.1) is 58.3 Å². The molecule has 3 saturated heterocycles. The van der Waals surface area contributed by atoms with Crippen molar-refractivity contribution in [3.63, 3.8) is 0 Å². The van der Waals surface area contributed by atoms with Gasteiger partial charge in [-0.05, 0) is 256 Å². The minimum absolute atomic E-state index is 0.0526. The highest BCUT2D eigenvalue weighted by Gasteiger charge is 2.46. The predicted molar refractivity (Wildman–Crippen MR) is 583 cm³/mol. The Kier molecular flexibility index (Phi) is 37.6. The highest BCUT2D eigenvalue weighted by molar-refractivity contribution is 7.78. The monoisotopic (exact) mass is 2140 g/mol. The highest BCUT2D eigenvalue weighted by Crippen LogP contribution is 2.64. The maximum Gasteiger partial charge on any atom is 0.348 e. The molecule has 9 heterocycles. The van der Waals surface area contributed by atoms with Crippen molar-refractivity contribution in [3.05, 3.63) is 269 Å². The Balaban J connectivity index is 0.000000150. The number of anilines is 4. The minimum Gasteiger partial charge on any atom is -0.477 e. The van der Waals surface area contributed by atoms with E-state index in [0.29, 0.717) is 143 Å².